The van der Waals surface area contributed by atoms with E-state index in [9.17, 15) is 18.4 Å². The van der Waals surface area contributed by atoms with Gasteiger partial charge in [-0.1, -0.05) is 6.07 Å². The molecule has 1 rings (SSSR count). The zero-order chi connectivity index (χ0) is 19.1. The van der Waals surface area contributed by atoms with Crippen molar-refractivity contribution in [1.29, 1.82) is 0 Å². The molecule has 0 radical (unpaired) electrons. The van der Waals surface area contributed by atoms with Gasteiger partial charge in [-0.15, -0.1) is 0 Å². The molecule has 8 heteroatoms. The number of alkyl halides is 2. The lowest BCUT2D eigenvalue weighted by molar-refractivity contribution is -0.138. The summed E-state index contributed by atoms with van der Waals surface area (Å²) in [5, 5.41) is 0. The van der Waals surface area contributed by atoms with Crippen molar-refractivity contribution in [1.82, 2.24) is 4.90 Å². The third-order valence-corrected chi connectivity index (χ3v) is 3.35. The number of amides is 1. The van der Waals surface area contributed by atoms with E-state index < -0.39 is 24.9 Å². The molecule has 0 N–H and O–H groups in total. The van der Waals surface area contributed by atoms with Crippen LogP contribution < -0.4 is 9.47 Å². The molecule has 0 aliphatic rings. The lowest BCUT2D eigenvalue weighted by atomic mass is 10.2. The molecule has 0 saturated heterocycles. The van der Waals surface area contributed by atoms with E-state index in [1.54, 1.807) is 4.90 Å². The molecule has 0 heterocycles. The molecule has 0 atom stereocenters. The Hall–Kier alpha value is -2.38. The van der Waals surface area contributed by atoms with Gasteiger partial charge in [0.05, 0.1) is 7.11 Å². The average Bonchev–Trinajstić information content (AvgIpc) is 2.51. The van der Waals surface area contributed by atoms with Gasteiger partial charge in [-0.05, 0) is 39.8 Å². The maximum absolute atomic E-state index is 12.6. The Bertz CT molecular complexity index is 597. The number of carbonyl (C=O) groups excluding carboxylic acids is 2. The third-order valence-electron chi connectivity index (χ3n) is 3.35. The summed E-state index contributed by atoms with van der Waals surface area (Å²) >= 11 is 0. The molecule has 6 nitrogen and oxygen atoms in total. The van der Waals surface area contributed by atoms with Gasteiger partial charge in [0.25, 0.3) is 5.91 Å². The molecule has 140 valence electrons. The standard InChI is InChI=1S/C17H23F2NO5/c1-10(2)20(11(3)4)14(21)9-24-16(22)12-7-6-8-13(23-5)15(12)25-17(18)19/h6-8,10-11,17H,9H2,1-5H3. The van der Waals surface area contributed by atoms with E-state index in [1.165, 1.54) is 25.3 Å². The number of ether oxygens (including phenoxy) is 3. The average molecular weight is 359 g/mol. The highest BCUT2D eigenvalue weighted by atomic mass is 19.3. The fourth-order valence-electron chi connectivity index (χ4n) is 2.50. The molecule has 0 fully saturated rings. The molecular weight excluding hydrogens is 336 g/mol. The highest BCUT2D eigenvalue weighted by Crippen LogP contribution is 2.32. The van der Waals surface area contributed by atoms with Crippen molar-refractivity contribution in [2.24, 2.45) is 0 Å². The number of esters is 1. The molecule has 1 aromatic rings. The summed E-state index contributed by atoms with van der Waals surface area (Å²) in [5.41, 5.74) is -0.243. The first-order valence-corrected chi connectivity index (χ1v) is 7.79. The molecule has 0 spiro atoms. The van der Waals surface area contributed by atoms with E-state index in [0.717, 1.165) is 0 Å². The van der Waals surface area contributed by atoms with Gasteiger partial charge in [-0.2, -0.15) is 8.78 Å². The van der Waals surface area contributed by atoms with Crippen molar-refractivity contribution in [3.05, 3.63) is 23.8 Å². The van der Waals surface area contributed by atoms with E-state index in [0.29, 0.717) is 0 Å². The molecule has 1 aromatic carbocycles. The summed E-state index contributed by atoms with van der Waals surface area (Å²) in [7, 11) is 1.26. The number of methoxy groups -OCH3 is 1. The van der Waals surface area contributed by atoms with Gasteiger partial charge in [0.2, 0.25) is 0 Å². The second-order valence-electron chi connectivity index (χ2n) is 5.78. The zero-order valence-corrected chi connectivity index (χ0v) is 14.9. The van der Waals surface area contributed by atoms with Crippen LogP contribution in [0.3, 0.4) is 0 Å². The third kappa shape index (κ3) is 5.58. The molecule has 0 aliphatic heterocycles. The quantitative estimate of drug-likeness (QED) is 0.668. The number of hydrogen-bond acceptors (Lipinski definition) is 5. The zero-order valence-electron chi connectivity index (χ0n) is 14.9. The molecule has 25 heavy (non-hydrogen) atoms. The van der Waals surface area contributed by atoms with Crippen LogP contribution in [0.15, 0.2) is 18.2 Å². The molecule has 0 unspecified atom stereocenters. The van der Waals surface area contributed by atoms with Crippen molar-refractivity contribution in [3.8, 4) is 11.5 Å². The van der Waals surface area contributed by atoms with E-state index in [2.05, 4.69) is 4.74 Å². The predicted octanol–water partition coefficient (Wildman–Crippen LogP) is 3.10. The van der Waals surface area contributed by atoms with Crippen LogP contribution in [0.2, 0.25) is 0 Å². The largest absolute Gasteiger partial charge is 0.493 e. The lowest BCUT2D eigenvalue weighted by Gasteiger charge is -2.30. The first kappa shape index (κ1) is 20.7. The number of halogens is 2. The molecule has 0 bridgehead atoms. The van der Waals surface area contributed by atoms with Gasteiger partial charge >= 0.3 is 12.6 Å². The monoisotopic (exact) mass is 359 g/mol. The van der Waals surface area contributed by atoms with Crippen molar-refractivity contribution < 1.29 is 32.6 Å². The normalized spacial score (nSPS) is 11.0. The minimum atomic E-state index is -3.14. The van der Waals surface area contributed by atoms with Crippen LogP contribution in [0, 0.1) is 0 Å². The van der Waals surface area contributed by atoms with Crippen molar-refractivity contribution >= 4 is 11.9 Å². The molecule has 0 aromatic heterocycles. The fraction of sp³-hybridized carbons (Fsp3) is 0.529. The Labute approximate surface area is 145 Å². The van der Waals surface area contributed by atoms with E-state index in [1.807, 2.05) is 27.7 Å². The first-order valence-electron chi connectivity index (χ1n) is 7.79. The van der Waals surface area contributed by atoms with Crippen LogP contribution in [-0.4, -0.2) is 49.2 Å². The fourth-order valence-corrected chi connectivity index (χ4v) is 2.50. The number of rotatable bonds is 8. The minimum Gasteiger partial charge on any atom is -0.493 e. The number of nitrogens with zero attached hydrogens (tertiary/aromatic N) is 1. The van der Waals surface area contributed by atoms with Crippen LogP contribution in [0.5, 0.6) is 11.5 Å². The number of hydrogen-bond donors (Lipinski definition) is 0. The van der Waals surface area contributed by atoms with Gasteiger partial charge in [0.1, 0.15) is 5.56 Å². The van der Waals surface area contributed by atoms with Gasteiger partial charge in [-0.3, -0.25) is 4.79 Å². The van der Waals surface area contributed by atoms with E-state index in [-0.39, 0.29) is 29.3 Å². The van der Waals surface area contributed by atoms with Gasteiger partial charge in [-0.25, -0.2) is 4.79 Å². The Morgan fingerprint density at radius 1 is 1.12 bits per heavy atom. The lowest BCUT2D eigenvalue weighted by Crippen LogP contribution is -2.44. The van der Waals surface area contributed by atoms with Crippen molar-refractivity contribution in [2.75, 3.05) is 13.7 Å². The number of benzene rings is 1. The van der Waals surface area contributed by atoms with E-state index in [4.69, 9.17) is 9.47 Å². The Kier molecular flexibility index (Phi) is 7.60. The molecular formula is C17H23F2NO5. The van der Waals surface area contributed by atoms with Gasteiger partial charge < -0.3 is 19.1 Å². The highest BCUT2D eigenvalue weighted by molar-refractivity contribution is 5.95. The van der Waals surface area contributed by atoms with Crippen LogP contribution >= 0.6 is 0 Å². The number of para-hydroxylation sites is 1. The second kappa shape index (κ2) is 9.19. The summed E-state index contributed by atoms with van der Waals surface area (Å²) in [6.45, 7) is 3.74. The SMILES string of the molecule is COc1cccc(C(=O)OCC(=O)N(C(C)C)C(C)C)c1OC(F)F. The summed E-state index contributed by atoms with van der Waals surface area (Å²) in [4.78, 5) is 26.0. The smallest absolute Gasteiger partial charge is 0.387 e. The Balaban J connectivity index is 2.92. The summed E-state index contributed by atoms with van der Waals surface area (Å²) < 4.78 is 39.4. The van der Waals surface area contributed by atoms with Crippen molar-refractivity contribution in [2.45, 2.75) is 46.4 Å². The highest BCUT2D eigenvalue weighted by Gasteiger charge is 2.24. The summed E-state index contributed by atoms with van der Waals surface area (Å²) in [6.07, 6.45) is 0. The minimum absolute atomic E-state index is 0.0351. The van der Waals surface area contributed by atoms with Crippen LogP contribution in [-0.2, 0) is 9.53 Å². The first-order chi connectivity index (χ1) is 11.7. The maximum atomic E-state index is 12.6. The topological polar surface area (TPSA) is 65.1 Å². The Morgan fingerprint density at radius 3 is 2.20 bits per heavy atom. The van der Waals surface area contributed by atoms with Crippen LogP contribution in [0.1, 0.15) is 38.1 Å². The summed E-state index contributed by atoms with van der Waals surface area (Å²) in [5.74, 6) is -1.79. The van der Waals surface area contributed by atoms with Crippen LogP contribution in [0.25, 0.3) is 0 Å². The van der Waals surface area contributed by atoms with Crippen LogP contribution in [0.4, 0.5) is 8.78 Å². The second-order valence-corrected chi connectivity index (χ2v) is 5.78. The number of carbonyl (C=O) groups is 2. The summed E-state index contributed by atoms with van der Waals surface area (Å²) in [6, 6.07) is 3.93. The molecule has 0 aliphatic carbocycles. The molecule has 0 saturated carbocycles. The van der Waals surface area contributed by atoms with E-state index >= 15 is 0 Å². The van der Waals surface area contributed by atoms with Crippen molar-refractivity contribution in [3.63, 3.8) is 0 Å². The molecule has 1 amide bonds. The Morgan fingerprint density at radius 2 is 1.72 bits per heavy atom. The predicted molar refractivity (Wildman–Crippen MR) is 87.0 cm³/mol. The maximum Gasteiger partial charge on any atom is 0.387 e. The van der Waals surface area contributed by atoms with Gasteiger partial charge in [0, 0.05) is 12.1 Å². The van der Waals surface area contributed by atoms with Gasteiger partial charge in [0.15, 0.2) is 18.1 Å².